The molecule has 0 atom stereocenters. The van der Waals surface area contributed by atoms with Crippen LogP contribution in [0, 0.1) is 0 Å². The lowest BCUT2D eigenvalue weighted by Gasteiger charge is -2.40. The van der Waals surface area contributed by atoms with E-state index in [4.69, 9.17) is 14.4 Å². The standard InChI is InChI=1S/C51H56N4OSi2/c1-31(2)39-27-35(33-20-22-45-46(30-33)58(10,11)26-25-57(45,8)9)28-40(32(3)4)47(39)55-43-18-13-12-17-42(43)53-49(55)38-16-14-15-37-36-21-19-34(29-44(36)56-48(37)38)41-23-24-52-50(54-41)51(5,6)7/h12-24,27-32H,25-26H2,1-11H3. The van der Waals surface area contributed by atoms with E-state index in [0.29, 0.717) is 0 Å². The van der Waals surface area contributed by atoms with E-state index in [1.165, 1.54) is 40.0 Å². The van der Waals surface area contributed by atoms with Crippen molar-refractivity contribution < 1.29 is 4.42 Å². The van der Waals surface area contributed by atoms with Crippen molar-refractivity contribution in [2.75, 3.05) is 0 Å². The van der Waals surface area contributed by atoms with Crippen LogP contribution in [0.5, 0.6) is 0 Å². The number of benzene rings is 5. The van der Waals surface area contributed by atoms with Gasteiger partial charge in [-0.3, -0.25) is 4.57 Å². The van der Waals surface area contributed by atoms with E-state index in [2.05, 4.69) is 175 Å². The number of aromatic nitrogens is 4. The molecule has 294 valence electrons. The highest BCUT2D eigenvalue weighted by molar-refractivity contribution is 7.03. The molecule has 0 spiro atoms. The predicted octanol–water partition coefficient (Wildman–Crippen LogP) is 13.1. The van der Waals surface area contributed by atoms with Gasteiger partial charge in [0.05, 0.1) is 44.1 Å². The number of furan rings is 1. The van der Waals surface area contributed by atoms with Crippen molar-refractivity contribution in [3.63, 3.8) is 0 Å². The maximum Gasteiger partial charge on any atom is 0.149 e. The third-order valence-corrected chi connectivity index (χ3v) is 20.3. The van der Waals surface area contributed by atoms with Crippen LogP contribution < -0.4 is 10.4 Å². The monoisotopic (exact) mass is 796 g/mol. The summed E-state index contributed by atoms with van der Waals surface area (Å²) >= 11 is 0. The third kappa shape index (κ3) is 6.38. The Morgan fingerprint density at radius 3 is 2.05 bits per heavy atom. The lowest BCUT2D eigenvalue weighted by molar-refractivity contribution is 0.546. The molecule has 8 aromatic rings. The smallest absolute Gasteiger partial charge is 0.149 e. The van der Waals surface area contributed by atoms with Crippen LogP contribution in [-0.4, -0.2) is 35.7 Å². The predicted molar refractivity (Wildman–Crippen MR) is 251 cm³/mol. The normalized spacial score (nSPS) is 15.3. The fourth-order valence-electron chi connectivity index (χ4n) is 9.20. The van der Waals surface area contributed by atoms with Gasteiger partial charge in [0.1, 0.15) is 22.8 Å². The van der Waals surface area contributed by atoms with Gasteiger partial charge in [0.15, 0.2) is 0 Å². The first-order chi connectivity index (χ1) is 27.5. The van der Waals surface area contributed by atoms with E-state index in [0.717, 1.165) is 61.4 Å². The summed E-state index contributed by atoms with van der Waals surface area (Å²) in [5.74, 6) is 2.26. The van der Waals surface area contributed by atoms with Gasteiger partial charge in [0, 0.05) is 27.9 Å². The second-order valence-electron chi connectivity index (χ2n) is 19.6. The van der Waals surface area contributed by atoms with Crippen LogP contribution in [0.25, 0.3) is 72.4 Å². The van der Waals surface area contributed by atoms with Gasteiger partial charge in [-0.2, -0.15) is 0 Å². The number of rotatable bonds is 6. The minimum Gasteiger partial charge on any atom is -0.455 e. The summed E-state index contributed by atoms with van der Waals surface area (Å²) in [6.45, 7) is 26.1. The molecule has 0 amide bonds. The van der Waals surface area contributed by atoms with E-state index in [9.17, 15) is 0 Å². The molecule has 0 saturated carbocycles. The van der Waals surface area contributed by atoms with Gasteiger partial charge in [0.25, 0.3) is 0 Å². The van der Waals surface area contributed by atoms with Gasteiger partial charge < -0.3 is 4.42 Å². The summed E-state index contributed by atoms with van der Waals surface area (Å²) in [4.78, 5) is 14.9. The SMILES string of the molecule is CC(C)c1cc(-c2ccc3c(c2)[Si](C)(C)CC[Si]3(C)C)cc(C(C)C)c1-n1c(-c2cccc3c2oc2cc(-c4ccnc(C(C)(C)C)n4)ccc23)nc2ccccc21. The van der Waals surface area contributed by atoms with Gasteiger partial charge in [-0.1, -0.05) is 146 Å². The Kier molecular flexibility index (Phi) is 9.10. The topological polar surface area (TPSA) is 56.7 Å². The van der Waals surface area contributed by atoms with Crippen molar-refractivity contribution >= 4 is 59.5 Å². The quantitative estimate of drug-likeness (QED) is 0.157. The lowest BCUT2D eigenvalue weighted by atomic mass is 9.88. The third-order valence-electron chi connectivity index (χ3n) is 12.7. The van der Waals surface area contributed by atoms with E-state index in [-0.39, 0.29) is 17.3 Å². The first-order valence-corrected chi connectivity index (χ1v) is 27.5. The molecule has 4 heterocycles. The van der Waals surface area contributed by atoms with Gasteiger partial charge in [-0.15, -0.1) is 0 Å². The summed E-state index contributed by atoms with van der Waals surface area (Å²) in [5, 5.41) is 5.53. The second kappa shape index (κ2) is 13.7. The molecule has 0 radical (unpaired) electrons. The fraction of sp³-hybridized carbons (Fsp3) is 0.314. The Bertz CT molecular complexity index is 2880. The lowest BCUT2D eigenvalue weighted by Crippen LogP contribution is -2.63. The van der Waals surface area contributed by atoms with Crippen molar-refractivity contribution in [2.45, 2.75) is 104 Å². The van der Waals surface area contributed by atoms with Crippen molar-refractivity contribution in [2.24, 2.45) is 0 Å². The first kappa shape index (κ1) is 38.4. The van der Waals surface area contributed by atoms with Gasteiger partial charge in [0.2, 0.25) is 0 Å². The minimum absolute atomic E-state index is 0.149. The van der Waals surface area contributed by atoms with Gasteiger partial charge in [-0.25, -0.2) is 15.0 Å². The molecule has 0 unspecified atom stereocenters. The zero-order valence-electron chi connectivity index (χ0n) is 36.1. The van der Waals surface area contributed by atoms with Crippen molar-refractivity contribution in [3.05, 3.63) is 120 Å². The number of nitrogens with zero attached hydrogens (tertiary/aromatic N) is 4. The maximum absolute atomic E-state index is 6.90. The highest BCUT2D eigenvalue weighted by atomic mass is 28.3. The summed E-state index contributed by atoms with van der Waals surface area (Å²) in [6, 6.07) is 38.8. The molecule has 0 saturated heterocycles. The molecule has 0 N–H and O–H groups in total. The van der Waals surface area contributed by atoms with Crippen LogP contribution in [0.4, 0.5) is 0 Å². The average molecular weight is 797 g/mol. The van der Waals surface area contributed by atoms with Crippen LogP contribution in [0.15, 0.2) is 108 Å². The number of hydrogen-bond acceptors (Lipinski definition) is 4. The van der Waals surface area contributed by atoms with E-state index in [1.807, 2.05) is 12.3 Å². The maximum atomic E-state index is 6.90. The Hall–Kier alpha value is -5.12. The van der Waals surface area contributed by atoms with Crippen LogP contribution >= 0.6 is 0 Å². The van der Waals surface area contributed by atoms with E-state index >= 15 is 0 Å². The highest BCUT2D eigenvalue weighted by Crippen LogP contribution is 2.43. The molecule has 1 aliphatic heterocycles. The Labute approximate surface area is 345 Å². The van der Waals surface area contributed by atoms with Crippen molar-refractivity contribution in [1.29, 1.82) is 0 Å². The summed E-state index contributed by atoms with van der Waals surface area (Å²) in [7, 11) is -2.96. The first-order valence-electron chi connectivity index (χ1n) is 21.1. The highest BCUT2D eigenvalue weighted by Gasteiger charge is 2.39. The molecule has 0 fully saturated rings. The Balaban J connectivity index is 1.25. The van der Waals surface area contributed by atoms with Crippen LogP contribution in [0.1, 0.15) is 77.3 Å². The molecule has 5 aromatic carbocycles. The molecule has 0 aliphatic carbocycles. The van der Waals surface area contributed by atoms with Crippen molar-refractivity contribution in [3.8, 4) is 39.5 Å². The minimum atomic E-state index is -1.52. The summed E-state index contributed by atoms with van der Waals surface area (Å²) in [6.07, 6.45) is 1.86. The van der Waals surface area contributed by atoms with E-state index in [1.54, 1.807) is 10.4 Å². The molecular formula is C51H56N4OSi2. The number of fused-ring (bicyclic) bond motifs is 5. The largest absolute Gasteiger partial charge is 0.455 e. The van der Waals surface area contributed by atoms with Gasteiger partial charge in [-0.05, 0) is 82.6 Å². The van der Waals surface area contributed by atoms with Crippen LogP contribution in [0.3, 0.4) is 0 Å². The molecule has 7 heteroatoms. The second-order valence-corrected chi connectivity index (χ2v) is 29.2. The zero-order chi connectivity index (χ0) is 40.9. The molecule has 58 heavy (non-hydrogen) atoms. The zero-order valence-corrected chi connectivity index (χ0v) is 38.1. The van der Waals surface area contributed by atoms with Crippen molar-refractivity contribution in [1.82, 2.24) is 19.5 Å². The van der Waals surface area contributed by atoms with Crippen LogP contribution in [-0.2, 0) is 5.41 Å². The molecule has 5 nitrogen and oxygen atoms in total. The Morgan fingerprint density at radius 1 is 0.655 bits per heavy atom. The number of hydrogen-bond donors (Lipinski definition) is 0. The molecular weight excluding hydrogens is 741 g/mol. The summed E-state index contributed by atoms with van der Waals surface area (Å²) < 4.78 is 9.34. The molecule has 3 aromatic heterocycles. The Morgan fingerprint density at radius 2 is 1.34 bits per heavy atom. The van der Waals surface area contributed by atoms with Gasteiger partial charge >= 0.3 is 0 Å². The molecule has 1 aliphatic rings. The van der Waals surface area contributed by atoms with Crippen LogP contribution in [0.2, 0.25) is 38.3 Å². The molecule has 0 bridgehead atoms. The summed E-state index contributed by atoms with van der Waals surface area (Å²) in [5.41, 5.74) is 13.0. The fourth-order valence-corrected chi connectivity index (χ4v) is 19.5. The molecule has 9 rings (SSSR count). The number of para-hydroxylation sites is 3. The number of imidazole rings is 1. The average Bonchev–Trinajstić information content (AvgIpc) is 3.77. The van der Waals surface area contributed by atoms with E-state index < -0.39 is 16.1 Å².